The highest BCUT2D eigenvalue weighted by molar-refractivity contribution is 5.94. The van der Waals surface area contributed by atoms with Crippen molar-refractivity contribution in [3.63, 3.8) is 0 Å². The van der Waals surface area contributed by atoms with Crippen molar-refractivity contribution in [3.05, 3.63) is 71.8 Å². The van der Waals surface area contributed by atoms with E-state index in [1.165, 1.54) is 0 Å². The Hall–Kier alpha value is -4.49. The van der Waals surface area contributed by atoms with Gasteiger partial charge in [0.15, 0.2) is 5.96 Å². The monoisotopic (exact) mass is 555 g/mol. The molecule has 2 aromatic carbocycles. The topological polar surface area (TPSA) is 235 Å². The van der Waals surface area contributed by atoms with E-state index in [1.54, 1.807) is 60.7 Å². The summed E-state index contributed by atoms with van der Waals surface area (Å²) in [6.45, 7) is -0.437. The number of nitrogens with zero attached hydrogens (tertiary/aromatic N) is 1. The van der Waals surface area contributed by atoms with E-state index in [9.17, 15) is 29.4 Å². The first-order valence-corrected chi connectivity index (χ1v) is 12.7. The van der Waals surface area contributed by atoms with Crippen LogP contribution < -0.4 is 33.2 Å². The highest BCUT2D eigenvalue weighted by Gasteiger charge is 2.30. The fourth-order valence-corrected chi connectivity index (χ4v) is 3.79. The lowest BCUT2D eigenvalue weighted by atomic mass is 10.0. The van der Waals surface area contributed by atoms with Crippen LogP contribution in [0.25, 0.3) is 0 Å². The fourth-order valence-electron chi connectivity index (χ4n) is 3.79. The summed E-state index contributed by atoms with van der Waals surface area (Å²) in [5.41, 5.74) is 17.7. The third-order valence-electron chi connectivity index (χ3n) is 5.92. The number of carbonyl (C=O) groups excluding carboxylic acids is 3. The predicted octanol–water partition coefficient (Wildman–Crippen LogP) is -1.62. The largest absolute Gasteiger partial charge is 0.480 e. The molecule has 13 nitrogen and oxygen atoms in total. The molecule has 0 heterocycles. The number of carboxylic acid groups (broad SMARTS) is 1. The van der Waals surface area contributed by atoms with Gasteiger partial charge in [-0.1, -0.05) is 60.7 Å². The van der Waals surface area contributed by atoms with Crippen molar-refractivity contribution in [1.82, 2.24) is 16.0 Å². The minimum Gasteiger partial charge on any atom is -0.480 e. The number of benzene rings is 2. The maximum absolute atomic E-state index is 13.4. The minimum atomic E-state index is -1.25. The predicted molar refractivity (Wildman–Crippen MR) is 149 cm³/mol. The summed E-state index contributed by atoms with van der Waals surface area (Å²) in [5.74, 6) is -3.52. The van der Waals surface area contributed by atoms with Gasteiger partial charge >= 0.3 is 5.97 Å². The molecule has 0 bridgehead atoms. The number of aliphatic hydroxyl groups is 1. The first-order chi connectivity index (χ1) is 19.1. The second-order valence-electron chi connectivity index (χ2n) is 9.14. The van der Waals surface area contributed by atoms with Crippen LogP contribution in [0, 0.1) is 0 Å². The lowest BCUT2D eigenvalue weighted by Crippen LogP contribution is -2.58. The molecule has 216 valence electrons. The molecule has 0 saturated carbocycles. The van der Waals surface area contributed by atoms with Crippen molar-refractivity contribution in [2.45, 2.75) is 49.9 Å². The zero-order valence-electron chi connectivity index (χ0n) is 22.0. The maximum Gasteiger partial charge on any atom is 0.326 e. The molecule has 2 rings (SSSR count). The molecular weight excluding hydrogens is 518 g/mol. The van der Waals surface area contributed by atoms with Gasteiger partial charge in [-0.05, 0) is 24.0 Å². The molecule has 2 aromatic rings. The van der Waals surface area contributed by atoms with E-state index in [0.717, 1.165) is 5.56 Å². The van der Waals surface area contributed by atoms with Gasteiger partial charge in [0.2, 0.25) is 17.7 Å². The molecule has 0 saturated heterocycles. The molecule has 11 N–H and O–H groups in total. The molecule has 0 unspecified atom stereocenters. The molecule has 0 radical (unpaired) electrons. The third kappa shape index (κ3) is 11.1. The first kappa shape index (κ1) is 31.7. The zero-order chi connectivity index (χ0) is 29.5. The number of carboxylic acids is 1. The molecule has 0 aliphatic carbocycles. The number of aliphatic hydroxyl groups excluding tert-OH is 1. The Bertz CT molecular complexity index is 1140. The number of rotatable bonds is 16. The number of carbonyl (C=O) groups is 4. The molecule has 13 heteroatoms. The van der Waals surface area contributed by atoms with Crippen molar-refractivity contribution in [2.75, 3.05) is 13.2 Å². The number of hydrogen-bond donors (Lipinski definition) is 8. The van der Waals surface area contributed by atoms with E-state index < -0.39 is 54.5 Å². The van der Waals surface area contributed by atoms with Gasteiger partial charge < -0.3 is 43.4 Å². The molecule has 0 spiro atoms. The van der Waals surface area contributed by atoms with Gasteiger partial charge in [-0.2, -0.15) is 0 Å². The number of nitrogens with one attached hydrogen (secondary N) is 3. The van der Waals surface area contributed by atoms with E-state index in [1.807, 2.05) is 0 Å². The third-order valence-corrected chi connectivity index (χ3v) is 5.92. The van der Waals surface area contributed by atoms with E-state index >= 15 is 0 Å². The van der Waals surface area contributed by atoms with Crippen molar-refractivity contribution < 1.29 is 29.4 Å². The average molecular weight is 556 g/mol. The minimum absolute atomic E-state index is 0.0512. The SMILES string of the molecule is NC(N)=NCCC[C@H](NC(=O)[C@H](Cc1ccccc1)NC(=O)[C@H](Cc1ccccc1)NC(=O)[C@@H](N)CO)C(=O)O. The lowest BCUT2D eigenvalue weighted by Gasteiger charge is -2.25. The first-order valence-electron chi connectivity index (χ1n) is 12.7. The van der Waals surface area contributed by atoms with Crippen molar-refractivity contribution in [3.8, 4) is 0 Å². The van der Waals surface area contributed by atoms with E-state index in [0.29, 0.717) is 12.0 Å². The summed E-state index contributed by atoms with van der Waals surface area (Å²) in [6, 6.07) is 13.0. The van der Waals surface area contributed by atoms with Crippen molar-refractivity contribution >= 4 is 29.7 Å². The summed E-state index contributed by atoms with van der Waals surface area (Å²) in [6.07, 6.45) is 0.483. The number of nitrogens with two attached hydrogens (primary N) is 3. The Kier molecular flexibility index (Phi) is 13.1. The zero-order valence-corrected chi connectivity index (χ0v) is 22.0. The van der Waals surface area contributed by atoms with E-state index in [-0.39, 0.29) is 31.8 Å². The van der Waals surface area contributed by atoms with Crippen LogP contribution >= 0.6 is 0 Å². The quantitative estimate of drug-likeness (QED) is 0.0674. The molecule has 0 aromatic heterocycles. The second kappa shape index (κ2) is 16.5. The Labute approximate surface area is 232 Å². The standard InChI is InChI=1S/C27H37N7O6/c28-19(16-35)23(36)33-21(14-17-8-3-1-4-9-17)25(38)34-22(15-18-10-5-2-6-11-18)24(37)32-20(26(39)40)12-7-13-31-27(29)30/h1-6,8-11,19-22,35H,7,12-16,28H2,(H,32,37)(H,33,36)(H,34,38)(H,39,40)(H4,29,30,31)/t19-,20-,21-,22-/m0/s1. The fraction of sp³-hybridized carbons (Fsp3) is 0.370. The van der Waals surface area contributed by atoms with Crippen LogP contribution in [0.5, 0.6) is 0 Å². The molecular formula is C27H37N7O6. The maximum atomic E-state index is 13.4. The Balaban J connectivity index is 2.25. The normalized spacial score (nSPS) is 13.7. The van der Waals surface area contributed by atoms with Gasteiger partial charge in [0.1, 0.15) is 24.2 Å². The van der Waals surface area contributed by atoms with Crippen LogP contribution in [-0.2, 0) is 32.0 Å². The van der Waals surface area contributed by atoms with Crippen LogP contribution in [0.4, 0.5) is 0 Å². The molecule has 40 heavy (non-hydrogen) atoms. The number of aliphatic carboxylic acids is 1. The van der Waals surface area contributed by atoms with E-state index in [4.69, 9.17) is 17.2 Å². The van der Waals surface area contributed by atoms with Crippen molar-refractivity contribution in [2.24, 2.45) is 22.2 Å². The number of aliphatic imine (C=N–C) groups is 1. The van der Waals surface area contributed by atoms with Gasteiger partial charge in [0, 0.05) is 19.4 Å². The van der Waals surface area contributed by atoms with Gasteiger partial charge in [-0.25, -0.2) is 4.79 Å². The molecule has 3 amide bonds. The number of guanidine groups is 1. The highest BCUT2D eigenvalue weighted by Crippen LogP contribution is 2.08. The second-order valence-corrected chi connectivity index (χ2v) is 9.14. The summed E-state index contributed by atoms with van der Waals surface area (Å²) in [7, 11) is 0. The van der Waals surface area contributed by atoms with Crippen LogP contribution in [-0.4, -0.2) is 77.2 Å². The molecule has 0 aliphatic heterocycles. The average Bonchev–Trinajstić information content (AvgIpc) is 2.94. The molecule has 4 atom stereocenters. The summed E-state index contributed by atoms with van der Waals surface area (Å²) in [5, 5.41) is 26.6. The van der Waals surface area contributed by atoms with Gasteiger partial charge in [-0.3, -0.25) is 19.4 Å². The van der Waals surface area contributed by atoms with E-state index in [2.05, 4.69) is 20.9 Å². The Morgan fingerprint density at radius 2 is 1.20 bits per heavy atom. The lowest BCUT2D eigenvalue weighted by molar-refractivity contribution is -0.142. The van der Waals surface area contributed by atoms with Crippen LogP contribution in [0.2, 0.25) is 0 Å². The number of amides is 3. The summed E-state index contributed by atoms with van der Waals surface area (Å²) >= 11 is 0. The van der Waals surface area contributed by atoms with Gasteiger partial charge in [-0.15, -0.1) is 0 Å². The Morgan fingerprint density at radius 1 is 0.750 bits per heavy atom. The highest BCUT2D eigenvalue weighted by atomic mass is 16.4. The Morgan fingerprint density at radius 3 is 1.62 bits per heavy atom. The summed E-state index contributed by atoms with van der Waals surface area (Å²) < 4.78 is 0. The molecule has 0 fully saturated rings. The molecule has 0 aliphatic rings. The van der Waals surface area contributed by atoms with Crippen LogP contribution in [0.1, 0.15) is 24.0 Å². The van der Waals surface area contributed by atoms with Crippen LogP contribution in [0.15, 0.2) is 65.7 Å². The van der Waals surface area contributed by atoms with Crippen molar-refractivity contribution in [1.29, 1.82) is 0 Å². The summed E-state index contributed by atoms with van der Waals surface area (Å²) in [4.78, 5) is 54.8. The number of hydrogen-bond acceptors (Lipinski definition) is 7. The smallest absolute Gasteiger partial charge is 0.326 e. The van der Waals surface area contributed by atoms with Crippen LogP contribution in [0.3, 0.4) is 0 Å². The van der Waals surface area contributed by atoms with Gasteiger partial charge in [0.25, 0.3) is 0 Å². The van der Waals surface area contributed by atoms with Gasteiger partial charge in [0.05, 0.1) is 6.61 Å².